The van der Waals surface area contributed by atoms with E-state index in [1.807, 2.05) is 0 Å². The van der Waals surface area contributed by atoms with Crippen LogP contribution in [0.3, 0.4) is 0 Å². The molecule has 3 aromatic rings. The van der Waals surface area contributed by atoms with E-state index in [0.29, 0.717) is 17.4 Å². The summed E-state index contributed by atoms with van der Waals surface area (Å²) in [5.41, 5.74) is 1.46. The molecule has 5 rings (SSSR count). The van der Waals surface area contributed by atoms with Gasteiger partial charge >= 0.3 is 0 Å². The van der Waals surface area contributed by atoms with Gasteiger partial charge < -0.3 is 19.9 Å². The predicted molar refractivity (Wildman–Crippen MR) is 116 cm³/mol. The molecule has 2 fully saturated rings. The number of carbonyl (C=O) groups excluding carboxylic acids is 1. The third kappa shape index (κ3) is 4.10. The number of fused-ring (bicyclic) bond motifs is 1. The Kier molecular flexibility index (Phi) is 5.27. The lowest BCUT2D eigenvalue weighted by Gasteiger charge is -2.35. The van der Waals surface area contributed by atoms with Crippen molar-refractivity contribution in [2.75, 3.05) is 29.9 Å². The number of carbonyl (C=O) groups is 1. The Morgan fingerprint density at radius 1 is 1.19 bits per heavy atom. The number of nitrogens with one attached hydrogen (secondary N) is 2. The maximum Gasteiger partial charge on any atom is 0.275 e. The van der Waals surface area contributed by atoms with Crippen LogP contribution in [0.4, 0.5) is 15.9 Å². The Morgan fingerprint density at radius 3 is 2.74 bits per heavy atom. The number of aromatic nitrogens is 4. The minimum Gasteiger partial charge on any atom is -0.355 e. The molecule has 31 heavy (non-hydrogen) atoms. The van der Waals surface area contributed by atoms with E-state index < -0.39 is 11.7 Å². The second kappa shape index (κ2) is 8.22. The molecule has 0 bridgehead atoms. The maximum atomic E-state index is 14.2. The van der Waals surface area contributed by atoms with Crippen LogP contribution in [0, 0.1) is 18.7 Å². The number of hydrogen-bond donors (Lipinski definition) is 2. The van der Waals surface area contributed by atoms with Gasteiger partial charge in [0.25, 0.3) is 5.91 Å². The molecule has 5 heterocycles. The van der Waals surface area contributed by atoms with Crippen LogP contribution in [0.5, 0.6) is 0 Å². The lowest BCUT2D eigenvalue weighted by Crippen LogP contribution is -2.41. The first-order valence-electron chi connectivity index (χ1n) is 10.8. The summed E-state index contributed by atoms with van der Waals surface area (Å²) in [7, 11) is 0. The molecule has 0 radical (unpaired) electrons. The molecule has 2 aliphatic rings. The van der Waals surface area contributed by atoms with Gasteiger partial charge in [-0.3, -0.25) is 4.79 Å². The molecule has 0 saturated carbocycles. The fraction of sp³-hybridized carbons (Fsp3) is 0.455. The van der Waals surface area contributed by atoms with Crippen molar-refractivity contribution in [2.45, 2.75) is 38.6 Å². The van der Waals surface area contributed by atoms with E-state index in [1.165, 1.54) is 25.1 Å². The molecule has 9 heteroatoms. The molecular weight excluding hydrogens is 397 g/mol. The van der Waals surface area contributed by atoms with E-state index in [9.17, 15) is 9.18 Å². The van der Waals surface area contributed by atoms with Crippen molar-refractivity contribution in [3.8, 4) is 0 Å². The Balaban J connectivity index is 1.22. The van der Waals surface area contributed by atoms with Crippen LogP contribution in [-0.2, 0) is 0 Å². The van der Waals surface area contributed by atoms with Crippen LogP contribution in [-0.4, -0.2) is 50.9 Å². The lowest BCUT2D eigenvalue weighted by molar-refractivity contribution is 0.102. The van der Waals surface area contributed by atoms with Crippen LogP contribution in [0.15, 0.2) is 30.9 Å². The summed E-state index contributed by atoms with van der Waals surface area (Å²) in [5.74, 6) is 0.591. The van der Waals surface area contributed by atoms with Crippen molar-refractivity contribution in [1.29, 1.82) is 0 Å². The Bertz CT molecular complexity index is 1080. The van der Waals surface area contributed by atoms with Gasteiger partial charge in [0.05, 0.1) is 23.8 Å². The topological polar surface area (TPSA) is 87.5 Å². The molecular formula is C22H26FN7O. The number of rotatable bonds is 4. The first kappa shape index (κ1) is 19.9. The summed E-state index contributed by atoms with van der Waals surface area (Å²) in [6.07, 6.45) is 11.3. The highest BCUT2D eigenvalue weighted by molar-refractivity contribution is 6.02. The average molecular weight is 423 g/mol. The largest absolute Gasteiger partial charge is 0.355 e. The van der Waals surface area contributed by atoms with Gasteiger partial charge in [-0.15, -0.1) is 0 Å². The Hall–Kier alpha value is -3.07. The standard InChI is InChI=1S/C22H26FN7O/c1-14-12-30-13-16(9-17(23)21(30)27-14)28-22(31)19-10-26-20(11-25-19)29-7-4-15(5-8-29)18-3-2-6-24-18/h9-13,15,18,24H,2-8H2,1H3,(H,28,31). The van der Waals surface area contributed by atoms with Crippen LogP contribution in [0.2, 0.25) is 0 Å². The monoisotopic (exact) mass is 423 g/mol. The summed E-state index contributed by atoms with van der Waals surface area (Å²) < 4.78 is 15.8. The van der Waals surface area contributed by atoms with Gasteiger partial charge in [-0.2, -0.15) is 0 Å². The fourth-order valence-corrected chi connectivity index (χ4v) is 4.69. The van der Waals surface area contributed by atoms with Gasteiger partial charge in [-0.25, -0.2) is 19.3 Å². The summed E-state index contributed by atoms with van der Waals surface area (Å²) in [6, 6.07) is 1.92. The molecule has 1 atom stereocenters. The van der Waals surface area contributed by atoms with Gasteiger partial charge in [-0.05, 0) is 45.1 Å². The highest BCUT2D eigenvalue weighted by Crippen LogP contribution is 2.27. The number of nitrogens with zero attached hydrogens (tertiary/aromatic N) is 5. The number of anilines is 2. The fourth-order valence-electron chi connectivity index (χ4n) is 4.69. The van der Waals surface area contributed by atoms with Crippen LogP contribution >= 0.6 is 0 Å². The molecule has 162 valence electrons. The second-order valence-corrected chi connectivity index (χ2v) is 8.43. The zero-order valence-corrected chi connectivity index (χ0v) is 17.5. The third-order valence-electron chi connectivity index (χ3n) is 6.29. The molecule has 1 amide bonds. The smallest absolute Gasteiger partial charge is 0.275 e. The first-order chi connectivity index (χ1) is 15.1. The van der Waals surface area contributed by atoms with E-state index in [-0.39, 0.29) is 11.3 Å². The van der Waals surface area contributed by atoms with Crippen molar-refractivity contribution in [3.63, 3.8) is 0 Å². The number of halogens is 1. The quantitative estimate of drug-likeness (QED) is 0.671. The highest BCUT2D eigenvalue weighted by Gasteiger charge is 2.28. The van der Waals surface area contributed by atoms with E-state index in [0.717, 1.165) is 44.2 Å². The molecule has 2 saturated heterocycles. The van der Waals surface area contributed by atoms with Crippen molar-refractivity contribution in [3.05, 3.63) is 48.1 Å². The number of pyridine rings is 1. The zero-order chi connectivity index (χ0) is 21.4. The van der Waals surface area contributed by atoms with Gasteiger partial charge in [0, 0.05) is 37.6 Å². The van der Waals surface area contributed by atoms with Crippen LogP contribution in [0.25, 0.3) is 5.65 Å². The maximum absolute atomic E-state index is 14.2. The Morgan fingerprint density at radius 2 is 2.03 bits per heavy atom. The highest BCUT2D eigenvalue weighted by atomic mass is 19.1. The van der Waals surface area contributed by atoms with Crippen molar-refractivity contribution >= 4 is 23.1 Å². The summed E-state index contributed by atoms with van der Waals surface area (Å²) in [6.45, 7) is 4.83. The van der Waals surface area contributed by atoms with Gasteiger partial charge in [-0.1, -0.05) is 0 Å². The molecule has 8 nitrogen and oxygen atoms in total. The van der Waals surface area contributed by atoms with E-state index >= 15 is 0 Å². The number of imidazole rings is 1. The molecule has 0 aliphatic carbocycles. The summed E-state index contributed by atoms with van der Waals surface area (Å²) >= 11 is 0. The van der Waals surface area contributed by atoms with Crippen LogP contribution < -0.4 is 15.5 Å². The minimum absolute atomic E-state index is 0.191. The summed E-state index contributed by atoms with van der Waals surface area (Å²) in [4.78, 5) is 27.7. The average Bonchev–Trinajstić information content (AvgIpc) is 3.44. The number of aryl methyl sites for hydroxylation is 1. The van der Waals surface area contributed by atoms with Crippen LogP contribution in [0.1, 0.15) is 41.9 Å². The van der Waals surface area contributed by atoms with E-state index in [4.69, 9.17) is 0 Å². The molecule has 2 N–H and O–H groups in total. The Labute approximate surface area is 179 Å². The first-order valence-corrected chi connectivity index (χ1v) is 10.8. The number of piperidine rings is 1. The minimum atomic E-state index is -0.497. The second-order valence-electron chi connectivity index (χ2n) is 8.43. The SMILES string of the molecule is Cc1cn2cc(NC(=O)c3cnc(N4CCC(C5CCCN5)CC4)cn3)cc(F)c2n1. The van der Waals surface area contributed by atoms with E-state index in [1.54, 1.807) is 29.9 Å². The predicted octanol–water partition coefficient (Wildman–Crippen LogP) is 2.79. The normalized spacial score (nSPS) is 19.8. The molecule has 3 aromatic heterocycles. The lowest BCUT2D eigenvalue weighted by atomic mass is 9.88. The third-order valence-corrected chi connectivity index (χ3v) is 6.29. The van der Waals surface area contributed by atoms with E-state index in [2.05, 4.69) is 30.5 Å². The molecule has 2 aliphatic heterocycles. The van der Waals surface area contributed by atoms with Crippen molar-refractivity contribution < 1.29 is 9.18 Å². The number of hydrogen-bond acceptors (Lipinski definition) is 6. The summed E-state index contributed by atoms with van der Waals surface area (Å²) in [5, 5.41) is 6.30. The zero-order valence-electron chi connectivity index (χ0n) is 17.5. The molecule has 0 spiro atoms. The van der Waals surface area contributed by atoms with Gasteiger partial charge in [0.1, 0.15) is 11.5 Å². The van der Waals surface area contributed by atoms with Crippen molar-refractivity contribution in [2.24, 2.45) is 5.92 Å². The van der Waals surface area contributed by atoms with Gasteiger partial charge in [0.2, 0.25) is 0 Å². The molecule has 1 unspecified atom stereocenters. The van der Waals surface area contributed by atoms with Gasteiger partial charge in [0.15, 0.2) is 11.5 Å². The number of amides is 1. The van der Waals surface area contributed by atoms with Crippen molar-refractivity contribution in [1.82, 2.24) is 24.7 Å². The molecule has 0 aromatic carbocycles.